The van der Waals surface area contributed by atoms with Crippen molar-refractivity contribution in [2.24, 2.45) is 5.73 Å². The lowest BCUT2D eigenvalue weighted by molar-refractivity contribution is -0.0750. The van der Waals surface area contributed by atoms with E-state index in [0.717, 1.165) is 19.5 Å². The van der Waals surface area contributed by atoms with E-state index in [1.165, 1.54) is 11.3 Å². The summed E-state index contributed by atoms with van der Waals surface area (Å²) in [6, 6.07) is 8.77. The van der Waals surface area contributed by atoms with Gasteiger partial charge in [-0.3, -0.25) is 0 Å². The third kappa shape index (κ3) is 3.71. The van der Waals surface area contributed by atoms with Crippen LogP contribution in [0.1, 0.15) is 33.3 Å². The predicted molar refractivity (Wildman–Crippen MR) is 80.6 cm³/mol. The van der Waals surface area contributed by atoms with E-state index in [1.807, 2.05) is 0 Å². The first kappa shape index (κ1) is 14.4. The molecule has 2 rings (SSSR count). The highest BCUT2D eigenvalue weighted by Crippen LogP contribution is 2.28. The van der Waals surface area contributed by atoms with Crippen LogP contribution >= 0.6 is 0 Å². The quantitative estimate of drug-likeness (QED) is 0.910. The summed E-state index contributed by atoms with van der Waals surface area (Å²) < 4.78 is 5.98. The smallest absolute Gasteiger partial charge is 0.0805 e. The molecular weight excluding hydrogens is 236 g/mol. The molecule has 1 fully saturated rings. The molecule has 0 spiro atoms. The Labute approximate surface area is 116 Å². The van der Waals surface area contributed by atoms with Crippen molar-refractivity contribution < 1.29 is 4.74 Å². The summed E-state index contributed by atoms with van der Waals surface area (Å²) in [5.41, 5.74) is 8.51. The molecule has 0 radical (unpaired) electrons. The van der Waals surface area contributed by atoms with Crippen LogP contribution in [0.25, 0.3) is 0 Å². The maximum Gasteiger partial charge on any atom is 0.0805 e. The maximum atomic E-state index is 5.98. The highest BCUT2D eigenvalue weighted by Gasteiger charge is 2.32. The Morgan fingerprint density at radius 1 is 1.42 bits per heavy atom. The monoisotopic (exact) mass is 262 g/mol. The Balaban J connectivity index is 2.25. The Kier molecular flexibility index (Phi) is 4.16. The molecule has 2 atom stereocenters. The van der Waals surface area contributed by atoms with Gasteiger partial charge in [-0.2, -0.15) is 0 Å². The summed E-state index contributed by atoms with van der Waals surface area (Å²) in [5.74, 6) is 0. The molecule has 1 aromatic rings. The van der Waals surface area contributed by atoms with Crippen LogP contribution in [-0.4, -0.2) is 30.8 Å². The van der Waals surface area contributed by atoms with Crippen LogP contribution in [0.15, 0.2) is 24.3 Å². The number of para-hydroxylation sites is 1. The molecule has 0 bridgehead atoms. The maximum absolute atomic E-state index is 5.98. The number of nitrogens with zero attached hydrogens (tertiary/aromatic N) is 1. The van der Waals surface area contributed by atoms with Crippen LogP contribution < -0.4 is 10.6 Å². The average Bonchev–Trinajstić information content (AvgIpc) is 2.26. The van der Waals surface area contributed by atoms with E-state index in [9.17, 15) is 0 Å². The van der Waals surface area contributed by atoms with Gasteiger partial charge in [-0.05, 0) is 45.7 Å². The summed E-state index contributed by atoms with van der Waals surface area (Å²) in [5, 5.41) is 0. The normalized spacial score (nSPS) is 24.3. The van der Waals surface area contributed by atoms with Gasteiger partial charge in [0.05, 0.1) is 11.7 Å². The van der Waals surface area contributed by atoms with Crippen LogP contribution in [0, 0.1) is 0 Å². The lowest BCUT2D eigenvalue weighted by Crippen LogP contribution is -2.52. The fourth-order valence-corrected chi connectivity index (χ4v) is 2.98. The molecule has 3 heteroatoms. The van der Waals surface area contributed by atoms with Gasteiger partial charge >= 0.3 is 0 Å². The van der Waals surface area contributed by atoms with Crippen LogP contribution in [0.2, 0.25) is 0 Å². The van der Waals surface area contributed by atoms with Crippen molar-refractivity contribution in [2.45, 2.75) is 51.9 Å². The third-order valence-electron chi connectivity index (χ3n) is 3.44. The van der Waals surface area contributed by atoms with Gasteiger partial charge in [-0.25, -0.2) is 0 Å². The molecule has 1 aromatic carbocycles. The van der Waals surface area contributed by atoms with Crippen LogP contribution in [0.3, 0.4) is 0 Å². The SMILES string of the molecule is CC(N)Cc1ccccc1N1CC(C)OC(C)(C)C1. The van der Waals surface area contributed by atoms with Crippen molar-refractivity contribution in [2.75, 3.05) is 18.0 Å². The van der Waals surface area contributed by atoms with Crippen LogP contribution in [0.4, 0.5) is 5.69 Å². The Hall–Kier alpha value is -1.06. The topological polar surface area (TPSA) is 38.5 Å². The van der Waals surface area contributed by atoms with Gasteiger partial charge < -0.3 is 15.4 Å². The van der Waals surface area contributed by atoms with E-state index < -0.39 is 0 Å². The minimum absolute atomic E-state index is 0.0981. The Morgan fingerprint density at radius 2 is 2.11 bits per heavy atom. The molecule has 1 heterocycles. The molecular formula is C16H26N2O. The highest BCUT2D eigenvalue weighted by atomic mass is 16.5. The average molecular weight is 262 g/mol. The van der Waals surface area contributed by atoms with Gasteiger partial charge in [0.15, 0.2) is 0 Å². The van der Waals surface area contributed by atoms with E-state index in [0.29, 0.717) is 0 Å². The van der Waals surface area contributed by atoms with Gasteiger partial charge in [0.25, 0.3) is 0 Å². The summed E-state index contributed by atoms with van der Waals surface area (Å²) in [6.45, 7) is 10.4. The summed E-state index contributed by atoms with van der Waals surface area (Å²) in [4.78, 5) is 2.44. The van der Waals surface area contributed by atoms with Crippen molar-refractivity contribution >= 4 is 5.69 Å². The van der Waals surface area contributed by atoms with Crippen molar-refractivity contribution in [3.8, 4) is 0 Å². The molecule has 0 saturated carbocycles. The van der Waals surface area contributed by atoms with E-state index >= 15 is 0 Å². The molecule has 0 aromatic heterocycles. The molecule has 2 unspecified atom stereocenters. The second-order valence-electron chi connectivity index (χ2n) is 6.38. The van der Waals surface area contributed by atoms with Gasteiger partial charge in [0.2, 0.25) is 0 Å². The molecule has 1 aliphatic heterocycles. The summed E-state index contributed by atoms with van der Waals surface area (Å²) in [7, 11) is 0. The first-order valence-electron chi connectivity index (χ1n) is 7.13. The number of hydrogen-bond acceptors (Lipinski definition) is 3. The molecule has 0 amide bonds. The number of hydrogen-bond donors (Lipinski definition) is 1. The molecule has 3 nitrogen and oxygen atoms in total. The van der Waals surface area contributed by atoms with Crippen LogP contribution in [0.5, 0.6) is 0 Å². The van der Waals surface area contributed by atoms with Gasteiger partial charge in [0, 0.05) is 24.8 Å². The summed E-state index contributed by atoms with van der Waals surface area (Å²) in [6.07, 6.45) is 1.18. The van der Waals surface area contributed by atoms with E-state index in [1.54, 1.807) is 0 Å². The number of rotatable bonds is 3. The van der Waals surface area contributed by atoms with E-state index in [-0.39, 0.29) is 17.7 Å². The van der Waals surface area contributed by atoms with Crippen molar-refractivity contribution in [1.29, 1.82) is 0 Å². The molecule has 2 N–H and O–H groups in total. The Bertz CT molecular complexity index is 429. The first-order valence-corrected chi connectivity index (χ1v) is 7.13. The lowest BCUT2D eigenvalue weighted by Gasteiger charge is -2.43. The van der Waals surface area contributed by atoms with Crippen molar-refractivity contribution in [1.82, 2.24) is 0 Å². The van der Waals surface area contributed by atoms with Gasteiger partial charge in [-0.15, -0.1) is 0 Å². The number of benzene rings is 1. The summed E-state index contributed by atoms with van der Waals surface area (Å²) >= 11 is 0. The number of anilines is 1. The zero-order chi connectivity index (χ0) is 14.0. The standard InChI is InChI=1S/C16H26N2O/c1-12(17)9-14-7-5-6-8-15(14)18-10-13(2)19-16(3,4)11-18/h5-8,12-13H,9-11,17H2,1-4H3. The van der Waals surface area contributed by atoms with E-state index in [4.69, 9.17) is 10.5 Å². The lowest BCUT2D eigenvalue weighted by atomic mass is 10.0. The fraction of sp³-hybridized carbons (Fsp3) is 0.625. The molecule has 19 heavy (non-hydrogen) atoms. The van der Waals surface area contributed by atoms with Crippen LogP contribution in [-0.2, 0) is 11.2 Å². The van der Waals surface area contributed by atoms with E-state index in [2.05, 4.69) is 56.9 Å². The minimum atomic E-state index is -0.0981. The minimum Gasteiger partial charge on any atom is -0.369 e. The second kappa shape index (κ2) is 5.51. The number of morpholine rings is 1. The Morgan fingerprint density at radius 3 is 2.74 bits per heavy atom. The third-order valence-corrected chi connectivity index (χ3v) is 3.44. The zero-order valence-corrected chi connectivity index (χ0v) is 12.5. The largest absolute Gasteiger partial charge is 0.369 e. The first-order chi connectivity index (χ1) is 8.87. The molecule has 1 aliphatic rings. The van der Waals surface area contributed by atoms with Gasteiger partial charge in [0.1, 0.15) is 0 Å². The number of nitrogens with two attached hydrogens (primary N) is 1. The highest BCUT2D eigenvalue weighted by molar-refractivity contribution is 5.54. The number of ether oxygens (including phenoxy) is 1. The fourth-order valence-electron chi connectivity index (χ4n) is 2.98. The molecule has 1 saturated heterocycles. The van der Waals surface area contributed by atoms with Crippen molar-refractivity contribution in [3.63, 3.8) is 0 Å². The van der Waals surface area contributed by atoms with Gasteiger partial charge in [-0.1, -0.05) is 18.2 Å². The second-order valence-corrected chi connectivity index (χ2v) is 6.38. The van der Waals surface area contributed by atoms with Crippen molar-refractivity contribution in [3.05, 3.63) is 29.8 Å². The molecule has 0 aliphatic carbocycles. The molecule has 106 valence electrons. The zero-order valence-electron chi connectivity index (χ0n) is 12.5. The predicted octanol–water partition coefficient (Wildman–Crippen LogP) is 2.58.